The van der Waals surface area contributed by atoms with E-state index in [1.807, 2.05) is 77.1 Å². The van der Waals surface area contributed by atoms with Crippen LogP contribution in [0.1, 0.15) is 6.92 Å². The fourth-order valence-electron chi connectivity index (χ4n) is 4.12. The Morgan fingerprint density at radius 1 is 1.03 bits per heavy atom. The third-order valence-electron chi connectivity index (χ3n) is 5.91. The Morgan fingerprint density at radius 2 is 1.83 bits per heavy atom. The molecule has 36 heavy (non-hydrogen) atoms. The van der Waals surface area contributed by atoms with Crippen molar-refractivity contribution in [3.8, 4) is 23.0 Å². The first-order valence-corrected chi connectivity index (χ1v) is 13.1. The standard InChI is InChI=1S/C26H26ClN5O3S/c1-2-34-22-10-8-20(9-11-22)32-25(23-7-4-16-35-23)28-29-26(32)36-18-24(33)31-14-12-30(13-15-31)21-6-3-5-19(27)17-21/h3-11,16-17H,2,12-15,18H2,1H3. The van der Waals surface area contributed by atoms with E-state index in [1.54, 1.807) is 6.26 Å². The summed E-state index contributed by atoms with van der Waals surface area (Å²) in [5, 5.41) is 10.1. The predicted octanol–water partition coefficient (Wildman–Crippen LogP) is 5.02. The zero-order valence-corrected chi connectivity index (χ0v) is 21.4. The Hall–Kier alpha value is -3.43. The number of hydrogen-bond donors (Lipinski definition) is 0. The Bertz CT molecular complexity index is 1300. The summed E-state index contributed by atoms with van der Waals surface area (Å²) in [6.45, 7) is 5.40. The first kappa shape index (κ1) is 24.3. The van der Waals surface area contributed by atoms with Gasteiger partial charge in [-0.1, -0.05) is 29.4 Å². The van der Waals surface area contributed by atoms with Crippen LogP contribution in [0.4, 0.5) is 5.69 Å². The molecule has 0 radical (unpaired) electrons. The highest BCUT2D eigenvalue weighted by molar-refractivity contribution is 7.99. The molecule has 8 nitrogen and oxygen atoms in total. The van der Waals surface area contributed by atoms with Gasteiger partial charge in [0, 0.05) is 36.9 Å². The van der Waals surface area contributed by atoms with Crippen molar-refractivity contribution in [1.29, 1.82) is 0 Å². The smallest absolute Gasteiger partial charge is 0.233 e. The van der Waals surface area contributed by atoms with Gasteiger partial charge in [0.05, 0.1) is 24.3 Å². The van der Waals surface area contributed by atoms with E-state index < -0.39 is 0 Å². The quantitative estimate of drug-likeness (QED) is 0.300. The maximum Gasteiger partial charge on any atom is 0.233 e. The zero-order chi connectivity index (χ0) is 24.9. The number of carbonyl (C=O) groups excluding carboxylic acids is 1. The third kappa shape index (κ3) is 5.37. The number of amides is 1. The molecule has 5 rings (SSSR count). The molecule has 0 N–H and O–H groups in total. The average Bonchev–Trinajstić information content (AvgIpc) is 3.58. The van der Waals surface area contributed by atoms with E-state index in [-0.39, 0.29) is 11.7 Å². The number of anilines is 1. The van der Waals surface area contributed by atoms with E-state index in [9.17, 15) is 4.79 Å². The van der Waals surface area contributed by atoms with Gasteiger partial charge >= 0.3 is 0 Å². The molecule has 1 aliphatic rings. The molecule has 0 unspecified atom stereocenters. The van der Waals surface area contributed by atoms with Crippen molar-refractivity contribution >= 4 is 35.0 Å². The molecule has 1 saturated heterocycles. The number of thioether (sulfide) groups is 1. The van der Waals surface area contributed by atoms with Crippen LogP contribution in [-0.4, -0.2) is 64.1 Å². The van der Waals surface area contributed by atoms with E-state index in [4.69, 9.17) is 20.8 Å². The van der Waals surface area contributed by atoms with Crippen molar-refractivity contribution in [3.63, 3.8) is 0 Å². The number of furan rings is 1. The number of ether oxygens (including phenoxy) is 1. The Balaban J connectivity index is 1.27. The van der Waals surface area contributed by atoms with E-state index in [0.29, 0.717) is 41.5 Å². The molecule has 0 saturated carbocycles. The highest BCUT2D eigenvalue weighted by Crippen LogP contribution is 2.29. The van der Waals surface area contributed by atoms with Crippen LogP contribution >= 0.6 is 23.4 Å². The summed E-state index contributed by atoms with van der Waals surface area (Å²) >= 11 is 7.51. The summed E-state index contributed by atoms with van der Waals surface area (Å²) in [5.41, 5.74) is 1.94. The van der Waals surface area contributed by atoms with Gasteiger partial charge in [-0.25, -0.2) is 0 Å². The van der Waals surface area contributed by atoms with Gasteiger partial charge in [0.15, 0.2) is 10.9 Å². The van der Waals surface area contributed by atoms with Crippen molar-refractivity contribution in [2.75, 3.05) is 43.4 Å². The van der Waals surface area contributed by atoms with Gasteiger partial charge in [0.1, 0.15) is 5.75 Å². The Morgan fingerprint density at radius 3 is 2.53 bits per heavy atom. The average molecular weight is 524 g/mol. The van der Waals surface area contributed by atoms with Gasteiger partial charge in [-0.05, 0) is 61.5 Å². The predicted molar refractivity (Wildman–Crippen MR) is 141 cm³/mol. The van der Waals surface area contributed by atoms with Crippen LogP contribution in [-0.2, 0) is 4.79 Å². The van der Waals surface area contributed by atoms with Gasteiger partial charge in [-0.2, -0.15) is 0 Å². The van der Waals surface area contributed by atoms with Gasteiger partial charge in [0.25, 0.3) is 0 Å². The fourth-order valence-corrected chi connectivity index (χ4v) is 5.16. The largest absolute Gasteiger partial charge is 0.494 e. The van der Waals surface area contributed by atoms with Crippen molar-refractivity contribution in [2.24, 2.45) is 0 Å². The summed E-state index contributed by atoms with van der Waals surface area (Å²) in [7, 11) is 0. The first-order valence-electron chi connectivity index (χ1n) is 11.8. The molecule has 0 aliphatic carbocycles. The minimum atomic E-state index is 0.0755. The van der Waals surface area contributed by atoms with Crippen molar-refractivity contribution in [3.05, 3.63) is 71.9 Å². The summed E-state index contributed by atoms with van der Waals surface area (Å²) in [6, 6.07) is 19.2. The number of rotatable bonds is 8. The number of nitrogens with zero attached hydrogens (tertiary/aromatic N) is 5. The number of piperazine rings is 1. The maximum absolute atomic E-state index is 13.0. The summed E-state index contributed by atoms with van der Waals surface area (Å²) in [5.74, 6) is 2.31. The first-order chi connectivity index (χ1) is 17.6. The summed E-state index contributed by atoms with van der Waals surface area (Å²) in [6.07, 6.45) is 1.60. The van der Waals surface area contributed by atoms with Crippen molar-refractivity contribution in [2.45, 2.75) is 12.1 Å². The van der Waals surface area contributed by atoms with Gasteiger partial charge in [-0.3, -0.25) is 9.36 Å². The second kappa shape index (κ2) is 11.1. The maximum atomic E-state index is 13.0. The lowest BCUT2D eigenvalue weighted by molar-refractivity contribution is -0.128. The SMILES string of the molecule is CCOc1ccc(-n2c(SCC(=O)N3CCN(c4cccc(Cl)c4)CC3)nnc2-c2ccco2)cc1. The Labute approximate surface area is 218 Å². The van der Waals surface area contributed by atoms with Crippen LogP contribution in [0.2, 0.25) is 5.02 Å². The fraction of sp³-hybridized carbons (Fsp3) is 0.269. The van der Waals surface area contributed by atoms with Crippen LogP contribution in [0.5, 0.6) is 5.75 Å². The molecular formula is C26H26ClN5O3S. The number of aromatic nitrogens is 3. The molecule has 10 heteroatoms. The van der Waals surface area contributed by atoms with E-state index in [1.165, 1.54) is 11.8 Å². The van der Waals surface area contributed by atoms with Gasteiger partial charge < -0.3 is 19.0 Å². The second-order valence-electron chi connectivity index (χ2n) is 8.18. The third-order valence-corrected chi connectivity index (χ3v) is 7.06. The van der Waals surface area contributed by atoms with E-state index >= 15 is 0 Å². The van der Waals surface area contributed by atoms with Crippen molar-refractivity contribution < 1.29 is 13.9 Å². The molecule has 1 fully saturated rings. The lowest BCUT2D eigenvalue weighted by Crippen LogP contribution is -2.49. The number of benzene rings is 2. The lowest BCUT2D eigenvalue weighted by Gasteiger charge is -2.36. The highest BCUT2D eigenvalue weighted by Gasteiger charge is 2.24. The molecule has 3 heterocycles. The van der Waals surface area contributed by atoms with Gasteiger partial charge in [0.2, 0.25) is 11.7 Å². The molecule has 1 amide bonds. The number of hydrogen-bond acceptors (Lipinski definition) is 7. The molecule has 0 bridgehead atoms. The zero-order valence-electron chi connectivity index (χ0n) is 19.8. The second-order valence-corrected chi connectivity index (χ2v) is 9.56. The van der Waals surface area contributed by atoms with Crippen molar-refractivity contribution in [1.82, 2.24) is 19.7 Å². The van der Waals surface area contributed by atoms with Crippen LogP contribution < -0.4 is 9.64 Å². The van der Waals surface area contributed by atoms with E-state index in [0.717, 1.165) is 30.2 Å². The molecule has 1 aliphatic heterocycles. The Kier molecular flexibility index (Phi) is 7.48. The van der Waals surface area contributed by atoms with Crippen LogP contribution in [0.3, 0.4) is 0 Å². The summed E-state index contributed by atoms with van der Waals surface area (Å²) in [4.78, 5) is 17.2. The number of carbonyl (C=O) groups is 1. The molecule has 2 aromatic heterocycles. The molecule has 0 spiro atoms. The number of halogens is 1. The minimum absolute atomic E-state index is 0.0755. The van der Waals surface area contributed by atoms with Gasteiger partial charge in [-0.15, -0.1) is 10.2 Å². The molecule has 0 atom stereocenters. The monoisotopic (exact) mass is 523 g/mol. The lowest BCUT2D eigenvalue weighted by atomic mass is 10.2. The topological polar surface area (TPSA) is 76.6 Å². The highest BCUT2D eigenvalue weighted by atomic mass is 35.5. The molecule has 4 aromatic rings. The normalized spacial score (nSPS) is 13.7. The summed E-state index contributed by atoms with van der Waals surface area (Å²) < 4.78 is 13.1. The molecule has 186 valence electrons. The van der Waals surface area contributed by atoms with Crippen LogP contribution in [0, 0.1) is 0 Å². The molecule has 2 aromatic carbocycles. The minimum Gasteiger partial charge on any atom is -0.494 e. The van der Waals surface area contributed by atoms with Crippen LogP contribution in [0.15, 0.2) is 76.5 Å². The van der Waals surface area contributed by atoms with Crippen LogP contribution in [0.25, 0.3) is 17.3 Å². The molecular weight excluding hydrogens is 498 g/mol. The van der Waals surface area contributed by atoms with E-state index in [2.05, 4.69) is 15.1 Å².